The number of carbonyl (C=O) groups excluding carboxylic acids is 2. The van der Waals surface area contributed by atoms with E-state index < -0.39 is 11.9 Å². The molecule has 0 aromatic heterocycles. The van der Waals surface area contributed by atoms with E-state index in [9.17, 15) is 9.59 Å². The molecular formula is C7H12N2O2. The lowest BCUT2D eigenvalue weighted by Crippen LogP contribution is -2.30. The molecule has 0 fully saturated rings. The van der Waals surface area contributed by atoms with Gasteiger partial charge in [0.25, 0.3) is 5.91 Å². The predicted molar refractivity (Wildman–Crippen MR) is 40.2 cm³/mol. The summed E-state index contributed by atoms with van der Waals surface area (Å²) in [6, 6.07) is -0.679. The van der Waals surface area contributed by atoms with Crippen LogP contribution in [0.5, 0.6) is 0 Å². The summed E-state index contributed by atoms with van der Waals surface area (Å²) in [5.74, 6) is -0.736. The van der Waals surface area contributed by atoms with E-state index in [1.807, 2.05) is 0 Å². The van der Waals surface area contributed by atoms with Gasteiger partial charge in [0.1, 0.15) is 0 Å². The van der Waals surface area contributed by atoms with Gasteiger partial charge in [-0.1, -0.05) is 6.42 Å². The van der Waals surface area contributed by atoms with Crippen LogP contribution in [0.3, 0.4) is 0 Å². The molecule has 0 aliphatic rings. The number of rotatable bonds is 6. The second kappa shape index (κ2) is 5.85. The van der Waals surface area contributed by atoms with Crippen LogP contribution in [0.15, 0.2) is 0 Å². The zero-order valence-corrected chi connectivity index (χ0v) is 6.30. The summed E-state index contributed by atoms with van der Waals surface area (Å²) in [4.78, 5) is 20.0. The molecule has 2 radical (unpaired) electrons. The Bertz CT molecular complexity index is 136. The predicted octanol–water partition coefficient (Wildman–Crippen LogP) is -0.207. The molecule has 0 aromatic rings. The van der Waals surface area contributed by atoms with Crippen LogP contribution >= 0.6 is 0 Å². The molecule has 0 aliphatic heterocycles. The molecule has 3 N–H and O–H groups in total. The summed E-state index contributed by atoms with van der Waals surface area (Å²) < 4.78 is 0. The Kier molecular flexibility index (Phi) is 5.37. The van der Waals surface area contributed by atoms with Gasteiger partial charge in [0, 0.05) is 6.42 Å². The van der Waals surface area contributed by atoms with Gasteiger partial charge in [0.2, 0.25) is 0 Å². The van der Waals surface area contributed by atoms with Gasteiger partial charge in [-0.25, -0.2) is 0 Å². The molecule has 0 aromatic carbocycles. The highest BCUT2D eigenvalue weighted by molar-refractivity contribution is 5.78. The molecule has 0 bridgehead atoms. The first-order valence-electron chi connectivity index (χ1n) is 3.54. The van der Waals surface area contributed by atoms with Gasteiger partial charge in [-0.2, -0.15) is 0 Å². The Hall–Kier alpha value is -0.900. The molecule has 0 saturated carbocycles. The quantitative estimate of drug-likeness (QED) is 0.540. The molecule has 4 nitrogen and oxygen atoms in total. The average molecular weight is 156 g/mol. The van der Waals surface area contributed by atoms with Gasteiger partial charge in [-0.15, -0.1) is 0 Å². The van der Waals surface area contributed by atoms with E-state index in [2.05, 4.69) is 0 Å². The van der Waals surface area contributed by atoms with E-state index >= 15 is 0 Å². The van der Waals surface area contributed by atoms with Crippen LogP contribution in [0, 0.1) is 0 Å². The van der Waals surface area contributed by atoms with E-state index in [1.54, 1.807) is 6.29 Å². The normalized spacial score (nSPS) is 12.5. The molecule has 62 valence electrons. The van der Waals surface area contributed by atoms with Crippen LogP contribution in [0.1, 0.15) is 25.7 Å². The lowest BCUT2D eigenvalue weighted by atomic mass is 10.1. The van der Waals surface area contributed by atoms with Gasteiger partial charge < -0.3 is 5.73 Å². The van der Waals surface area contributed by atoms with Crippen molar-refractivity contribution < 1.29 is 9.59 Å². The van der Waals surface area contributed by atoms with Crippen molar-refractivity contribution in [2.75, 3.05) is 0 Å². The van der Waals surface area contributed by atoms with Gasteiger partial charge in [-0.05, 0) is 12.8 Å². The van der Waals surface area contributed by atoms with Crippen molar-refractivity contribution in [3.63, 3.8) is 0 Å². The summed E-state index contributed by atoms with van der Waals surface area (Å²) in [6.07, 6.45) is 4.03. The molecule has 0 spiro atoms. The lowest BCUT2D eigenvalue weighted by Gasteiger charge is -2.03. The average Bonchev–Trinajstić information content (AvgIpc) is 1.97. The third-order valence-corrected chi connectivity index (χ3v) is 1.38. The van der Waals surface area contributed by atoms with E-state index in [1.165, 1.54) is 0 Å². The number of carbonyl (C=O) groups is 1. The maximum atomic E-state index is 10.3. The number of amides is 1. The van der Waals surface area contributed by atoms with Crippen LogP contribution in [0.4, 0.5) is 0 Å². The first-order valence-corrected chi connectivity index (χ1v) is 3.54. The zero-order valence-electron chi connectivity index (χ0n) is 6.30. The highest BCUT2D eigenvalue weighted by Crippen LogP contribution is 2.00. The van der Waals surface area contributed by atoms with Crippen molar-refractivity contribution >= 4 is 12.2 Å². The maximum Gasteiger partial charge on any atom is 0.255 e. The van der Waals surface area contributed by atoms with Crippen molar-refractivity contribution in [1.29, 1.82) is 0 Å². The van der Waals surface area contributed by atoms with Gasteiger partial charge in [-0.3, -0.25) is 15.3 Å². The molecule has 1 atom stereocenters. The minimum atomic E-state index is -0.736. The Morgan fingerprint density at radius 2 is 2.18 bits per heavy atom. The SMILES string of the molecule is [NH]C(=O)C(N)CCCC[C]=O. The Balaban J connectivity index is 3.24. The summed E-state index contributed by atoms with van der Waals surface area (Å²) in [7, 11) is 0. The molecule has 0 heterocycles. The number of hydrogen-bond acceptors (Lipinski definition) is 3. The topological polar surface area (TPSA) is 84.0 Å². The smallest absolute Gasteiger partial charge is 0.255 e. The molecular weight excluding hydrogens is 144 g/mol. The molecule has 0 saturated heterocycles. The van der Waals surface area contributed by atoms with Crippen LogP contribution < -0.4 is 11.5 Å². The molecule has 11 heavy (non-hydrogen) atoms. The standard InChI is InChI=1S/C7H12N2O2/c8-6(7(9)11)4-2-1-3-5-10/h6,9H,1-4,8H2. The largest absolute Gasteiger partial charge is 0.320 e. The first-order chi connectivity index (χ1) is 5.18. The van der Waals surface area contributed by atoms with Crippen molar-refractivity contribution in [2.45, 2.75) is 31.7 Å². The second-order valence-electron chi connectivity index (χ2n) is 2.36. The summed E-state index contributed by atoms with van der Waals surface area (Å²) in [5.41, 5.74) is 11.9. The molecule has 0 aliphatic carbocycles. The molecule has 1 amide bonds. The summed E-state index contributed by atoms with van der Waals surface area (Å²) >= 11 is 0. The van der Waals surface area contributed by atoms with Crippen LogP contribution in [0.25, 0.3) is 0 Å². The van der Waals surface area contributed by atoms with Crippen LogP contribution in [0.2, 0.25) is 0 Å². The number of nitrogens with two attached hydrogens (primary N) is 1. The second-order valence-corrected chi connectivity index (χ2v) is 2.36. The monoisotopic (exact) mass is 156 g/mol. The van der Waals surface area contributed by atoms with Crippen LogP contribution in [-0.4, -0.2) is 18.2 Å². The number of nitrogens with one attached hydrogen (secondary N) is 1. The zero-order chi connectivity index (χ0) is 8.69. The summed E-state index contributed by atoms with van der Waals surface area (Å²) in [6.45, 7) is 0. The number of unbranched alkanes of at least 4 members (excludes halogenated alkanes) is 2. The van der Waals surface area contributed by atoms with Gasteiger partial charge >= 0.3 is 0 Å². The van der Waals surface area contributed by atoms with Crippen LogP contribution in [-0.2, 0) is 9.59 Å². The fourth-order valence-corrected chi connectivity index (χ4v) is 0.693. The highest BCUT2D eigenvalue weighted by atomic mass is 16.1. The molecule has 0 rings (SSSR count). The van der Waals surface area contributed by atoms with E-state index in [0.29, 0.717) is 25.7 Å². The molecule has 4 heteroatoms. The Morgan fingerprint density at radius 3 is 2.64 bits per heavy atom. The van der Waals surface area contributed by atoms with Gasteiger partial charge in [0.05, 0.1) is 6.04 Å². The maximum absolute atomic E-state index is 10.3. The summed E-state index contributed by atoms with van der Waals surface area (Å²) in [5, 5.41) is 0. The van der Waals surface area contributed by atoms with E-state index in [4.69, 9.17) is 11.5 Å². The highest BCUT2D eigenvalue weighted by Gasteiger charge is 2.08. The van der Waals surface area contributed by atoms with Crippen molar-refractivity contribution in [2.24, 2.45) is 5.73 Å². The van der Waals surface area contributed by atoms with E-state index in [0.717, 1.165) is 0 Å². The number of hydrogen-bond donors (Lipinski definition) is 1. The minimum Gasteiger partial charge on any atom is -0.320 e. The van der Waals surface area contributed by atoms with Crippen molar-refractivity contribution in [3.8, 4) is 0 Å². The third kappa shape index (κ3) is 5.54. The van der Waals surface area contributed by atoms with E-state index in [-0.39, 0.29) is 0 Å². The minimum absolute atomic E-state index is 0.388. The Labute approximate surface area is 65.9 Å². The first kappa shape index (κ1) is 10.1. The lowest BCUT2D eigenvalue weighted by molar-refractivity contribution is -0.120. The Morgan fingerprint density at radius 1 is 1.55 bits per heavy atom. The third-order valence-electron chi connectivity index (χ3n) is 1.38. The van der Waals surface area contributed by atoms with Crippen molar-refractivity contribution in [3.05, 3.63) is 0 Å². The molecule has 1 unspecified atom stereocenters. The van der Waals surface area contributed by atoms with Gasteiger partial charge in [0.15, 0.2) is 6.29 Å². The fourth-order valence-electron chi connectivity index (χ4n) is 0.693. The van der Waals surface area contributed by atoms with Crippen molar-refractivity contribution in [1.82, 2.24) is 5.73 Å². The fraction of sp³-hybridized carbons (Fsp3) is 0.714.